The maximum atomic E-state index is 12.7. The lowest BCUT2D eigenvalue weighted by atomic mass is 10.0. The van der Waals surface area contributed by atoms with E-state index in [4.69, 9.17) is 8.60 Å². The third-order valence-electron chi connectivity index (χ3n) is 4.18. The molecule has 0 unspecified atom stereocenters. The van der Waals surface area contributed by atoms with Gasteiger partial charge in [0.15, 0.2) is 17.1 Å². The molecule has 0 saturated heterocycles. The average molecular weight is 416 g/mol. The van der Waals surface area contributed by atoms with E-state index in [0.29, 0.717) is 10.9 Å². The van der Waals surface area contributed by atoms with E-state index < -0.39 is 27.5 Å². The number of ether oxygens (including phenoxy) is 1. The van der Waals surface area contributed by atoms with Gasteiger partial charge >= 0.3 is 21.7 Å². The number of fused-ring (bicyclic) bond motifs is 1. The molecule has 0 fully saturated rings. The maximum Gasteiger partial charge on any atom is 0.339 e. The van der Waals surface area contributed by atoms with Crippen LogP contribution in [0.1, 0.15) is 33.2 Å². The molecule has 0 saturated carbocycles. The molecule has 9 heteroatoms. The lowest BCUT2D eigenvalue weighted by molar-refractivity contribution is 0.0600. The van der Waals surface area contributed by atoms with Crippen LogP contribution in [0.3, 0.4) is 0 Å². The molecular formula is C20H16O8S. The standard InChI is InChI=1S/C20H16O8S/c1-11-9-17(22)27-19-15(11)7-8-16(18(19)12(2)21)28-29(24,25)14-6-4-5-13(10-14)20(23)26-3/h4-10H,1-3H3. The number of carbonyl (C=O) groups excluding carboxylic acids is 2. The molecule has 0 N–H and O–H groups in total. The molecule has 3 rings (SSSR count). The van der Waals surface area contributed by atoms with Gasteiger partial charge in [0.25, 0.3) is 0 Å². The fraction of sp³-hybridized carbons (Fsp3) is 0.150. The van der Waals surface area contributed by atoms with Gasteiger partial charge in [-0.05, 0) is 49.7 Å². The van der Waals surface area contributed by atoms with E-state index in [9.17, 15) is 22.8 Å². The topological polar surface area (TPSA) is 117 Å². The molecule has 0 atom stereocenters. The van der Waals surface area contributed by atoms with Crippen LogP contribution in [-0.4, -0.2) is 27.3 Å². The summed E-state index contributed by atoms with van der Waals surface area (Å²) < 4.78 is 40.4. The van der Waals surface area contributed by atoms with Crippen molar-refractivity contribution in [3.05, 3.63) is 69.6 Å². The molecule has 0 radical (unpaired) electrons. The summed E-state index contributed by atoms with van der Waals surface area (Å²) in [5.74, 6) is -1.55. The van der Waals surface area contributed by atoms with Gasteiger partial charge in [0.1, 0.15) is 10.5 Å². The van der Waals surface area contributed by atoms with Crippen molar-refractivity contribution in [1.82, 2.24) is 0 Å². The van der Waals surface area contributed by atoms with E-state index >= 15 is 0 Å². The van der Waals surface area contributed by atoms with E-state index in [-0.39, 0.29) is 27.4 Å². The highest BCUT2D eigenvalue weighted by Crippen LogP contribution is 2.31. The molecule has 0 bridgehead atoms. The molecule has 1 heterocycles. The molecule has 0 spiro atoms. The second-order valence-corrected chi connectivity index (χ2v) is 7.72. The first kappa shape index (κ1) is 20.3. The summed E-state index contributed by atoms with van der Waals surface area (Å²) in [7, 11) is -3.23. The minimum atomic E-state index is -4.40. The maximum absolute atomic E-state index is 12.7. The molecule has 0 amide bonds. The van der Waals surface area contributed by atoms with Crippen LogP contribution in [0.25, 0.3) is 11.0 Å². The first-order chi connectivity index (χ1) is 13.6. The average Bonchev–Trinajstić information content (AvgIpc) is 2.66. The number of carbonyl (C=O) groups is 2. The van der Waals surface area contributed by atoms with Crippen molar-refractivity contribution >= 4 is 32.8 Å². The van der Waals surface area contributed by atoms with Gasteiger partial charge in [0, 0.05) is 11.5 Å². The highest BCUT2D eigenvalue weighted by molar-refractivity contribution is 7.87. The Kier molecular flexibility index (Phi) is 5.25. The Labute approximate surface area is 165 Å². The highest BCUT2D eigenvalue weighted by atomic mass is 32.2. The van der Waals surface area contributed by atoms with Crippen LogP contribution in [-0.2, 0) is 14.9 Å². The first-order valence-electron chi connectivity index (χ1n) is 8.35. The smallest absolute Gasteiger partial charge is 0.339 e. The fourth-order valence-corrected chi connectivity index (χ4v) is 3.82. The monoisotopic (exact) mass is 416 g/mol. The van der Waals surface area contributed by atoms with Crippen LogP contribution in [0.15, 0.2) is 56.6 Å². The van der Waals surface area contributed by atoms with Crippen molar-refractivity contribution in [1.29, 1.82) is 0 Å². The highest BCUT2D eigenvalue weighted by Gasteiger charge is 2.24. The van der Waals surface area contributed by atoms with Gasteiger partial charge in [-0.1, -0.05) is 6.07 Å². The Morgan fingerprint density at radius 1 is 1.07 bits per heavy atom. The molecule has 150 valence electrons. The van der Waals surface area contributed by atoms with Crippen LogP contribution in [0.5, 0.6) is 5.75 Å². The zero-order valence-electron chi connectivity index (χ0n) is 15.7. The van der Waals surface area contributed by atoms with Crippen molar-refractivity contribution < 1.29 is 31.3 Å². The van der Waals surface area contributed by atoms with Gasteiger partial charge in [-0.2, -0.15) is 8.42 Å². The summed E-state index contributed by atoms with van der Waals surface area (Å²) in [6, 6.07) is 9.16. The largest absolute Gasteiger partial charge is 0.465 e. The number of ketones is 1. The van der Waals surface area contributed by atoms with Crippen molar-refractivity contribution in [3.8, 4) is 5.75 Å². The van der Waals surface area contributed by atoms with Gasteiger partial charge in [0.05, 0.1) is 12.7 Å². The van der Waals surface area contributed by atoms with E-state index in [1.54, 1.807) is 6.92 Å². The summed E-state index contributed by atoms with van der Waals surface area (Å²) in [6.45, 7) is 2.87. The van der Waals surface area contributed by atoms with Crippen molar-refractivity contribution in [3.63, 3.8) is 0 Å². The normalized spacial score (nSPS) is 11.3. The van der Waals surface area contributed by atoms with Crippen LogP contribution in [0.4, 0.5) is 0 Å². The number of methoxy groups -OCH3 is 1. The number of hydrogen-bond acceptors (Lipinski definition) is 8. The Balaban J connectivity index is 2.15. The molecule has 8 nitrogen and oxygen atoms in total. The Morgan fingerprint density at radius 2 is 1.79 bits per heavy atom. The minimum absolute atomic E-state index is 0.0177. The molecule has 29 heavy (non-hydrogen) atoms. The predicted molar refractivity (Wildman–Crippen MR) is 103 cm³/mol. The Morgan fingerprint density at radius 3 is 2.45 bits per heavy atom. The van der Waals surface area contributed by atoms with Crippen molar-refractivity contribution in [2.75, 3.05) is 7.11 Å². The minimum Gasteiger partial charge on any atom is -0.465 e. The summed E-state index contributed by atoms with van der Waals surface area (Å²) >= 11 is 0. The molecule has 2 aromatic carbocycles. The number of rotatable bonds is 5. The van der Waals surface area contributed by atoms with Crippen LogP contribution in [0, 0.1) is 6.92 Å². The van der Waals surface area contributed by atoms with Gasteiger partial charge < -0.3 is 13.3 Å². The SMILES string of the molecule is COC(=O)c1cccc(S(=O)(=O)Oc2ccc3c(C)cc(=O)oc3c2C(C)=O)c1. The number of esters is 1. The number of hydrogen-bond donors (Lipinski definition) is 0. The Hall–Kier alpha value is -3.46. The summed E-state index contributed by atoms with van der Waals surface area (Å²) in [4.78, 5) is 35.3. The van der Waals surface area contributed by atoms with Crippen LogP contribution >= 0.6 is 0 Å². The van der Waals surface area contributed by atoms with Gasteiger partial charge in [-0.25, -0.2) is 9.59 Å². The number of benzene rings is 2. The van der Waals surface area contributed by atoms with Crippen LogP contribution in [0.2, 0.25) is 0 Å². The van der Waals surface area contributed by atoms with E-state index in [2.05, 4.69) is 4.74 Å². The second-order valence-electron chi connectivity index (χ2n) is 6.18. The van der Waals surface area contributed by atoms with Gasteiger partial charge in [-0.3, -0.25) is 4.79 Å². The van der Waals surface area contributed by atoms with Crippen molar-refractivity contribution in [2.24, 2.45) is 0 Å². The lowest BCUT2D eigenvalue weighted by Gasteiger charge is -2.12. The summed E-state index contributed by atoms with van der Waals surface area (Å²) in [6.07, 6.45) is 0. The third kappa shape index (κ3) is 3.90. The fourth-order valence-electron chi connectivity index (χ4n) is 2.83. The number of Topliss-reactive ketones (excluding diaryl/α,β-unsaturated/α-hetero) is 1. The molecule has 0 aliphatic heterocycles. The quantitative estimate of drug-likeness (QED) is 0.270. The van der Waals surface area contributed by atoms with E-state index in [1.165, 1.54) is 50.4 Å². The molecule has 0 aliphatic rings. The van der Waals surface area contributed by atoms with Gasteiger partial charge in [-0.15, -0.1) is 0 Å². The zero-order valence-corrected chi connectivity index (χ0v) is 16.5. The predicted octanol–water partition coefficient (Wildman–Crippen LogP) is 2.86. The van der Waals surface area contributed by atoms with E-state index in [0.717, 1.165) is 6.07 Å². The van der Waals surface area contributed by atoms with E-state index in [1.807, 2.05) is 0 Å². The molecule has 1 aromatic heterocycles. The lowest BCUT2D eigenvalue weighted by Crippen LogP contribution is -2.14. The zero-order chi connectivity index (χ0) is 21.3. The second kappa shape index (κ2) is 7.51. The molecule has 0 aliphatic carbocycles. The summed E-state index contributed by atoms with van der Waals surface area (Å²) in [5.41, 5.74) is -0.319. The molecule has 3 aromatic rings. The summed E-state index contributed by atoms with van der Waals surface area (Å²) in [5, 5.41) is 0.479. The molecular weight excluding hydrogens is 400 g/mol. The number of aryl methyl sites for hydroxylation is 1. The first-order valence-corrected chi connectivity index (χ1v) is 9.76. The Bertz CT molecular complexity index is 1300. The van der Waals surface area contributed by atoms with Crippen molar-refractivity contribution in [2.45, 2.75) is 18.7 Å². The third-order valence-corrected chi connectivity index (χ3v) is 5.41. The van der Waals surface area contributed by atoms with Crippen LogP contribution < -0.4 is 9.81 Å². The van der Waals surface area contributed by atoms with Gasteiger partial charge in [0.2, 0.25) is 0 Å².